The Hall–Kier alpha value is -1.73. The summed E-state index contributed by atoms with van der Waals surface area (Å²) >= 11 is 0. The lowest BCUT2D eigenvalue weighted by Gasteiger charge is -2.29. The SMILES string of the molecule is COc1ccc(OC)c(CCC(C)(C#N)N(C)C)c1. The van der Waals surface area contributed by atoms with Crippen molar-refractivity contribution in [3.05, 3.63) is 23.8 Å². The quantitative estimate of drug-likeness (QED) is 0.790. The summed E-state index contributed by atoms with van der Waals surface area (Å²) < 4.78 is 10.6. The van der Waals surface area contributed by atoms with Crippen LogP contribution in [0.25, 0.3) is 0 Å². The Kier molecular flexibility index (Phi) is 5.20. The number of hydrogen-bond acceptors (Lipinski definition) is 4. The van der Waals surface area contributed by atoms with Crippen molar-refractivity contribution in [2.24, 2.45) is 0 Å². The van der Waals surface area contributed by atoms with Crippen LogP contribution in [0.5, 0.6) is 11.5 Å². The van der Waals surface area contributed by atoms with E-state index in [-0.39, 0.29) is 0 Å². The molecule has 1 aromatic carbocycles. The predicted molar refractivity (Wildman–Crippen MR) is 75.6 cm³/mol. The average molecular weight is 262 g/mol. The van der Waals surface area contributed by atoms with Crippen molar-refractivity contribution < 1.29 is 9.47 Å². The van der Waals surface area contributed by atoms with Crippen molar-refractivity contribution in [2.45, 2.75) is 25.3 Å². The van der Waals surface area contributed by atoms with Gasteiger partial charge in [0.15, 0.2) is 0 Å². The first-order valence-corrected chi connectivity index (χ1v) is 6.26. The lowest BCUT2D eigenvalue weighted by molar-refractivity contribution is 0.223. The van der Waals surface area contributed by atoms with Crippen LogP contribution >= 0.6 is 0 Å². The molecule has 1 aromatic rings. The minimum Gasteiger partial charge on any atom is -0.497 e. The Morgan fingerprint density at radius 1 is 1.26 bits per heavy atom. The summed E-state index contributed by atoms with van der Waals surface area (Å²) in [7, 11) is 7.14. The second-order valence-corrected chi connectivity index (χ2v) is 4.96. The molecular weight excluding hydrogens is 240 g/mol. The molecule has 0 aliphatic heterocycles. The van der Waals surface area contributed by atoms with Crippen LogP contribution in [0.1, 0.15) is 18.9 Å². The maximum atomic E-state index is 9.31. The Labute approximate surface area is 115 Å². The molecule has 104 valence electrons. The van der Waals surface area contributed by atoms with E-state index in [2.05, 4.69) is 6.07 Å². The van der Waals surface area contributed by atoms with Gasteiger partial charge in [-0.25, -0.2) is 0 Å². The number of rotatable bonds is 6. The largest absolute Gasteiger partial charge is 0.497 e. The summed E-state index contributed by atoms with van der Waals surface area (Å²) in [4.78, 5) is 1.94. The van der Waals surface area contributed by atoms with Gasteiger partial charge in [0, 0.05) is 0 Å². The maximum absolute atomic E-state index is 9.31. The first-order valence-electron chi connectivity index (χ1n) is 6.26. The smallest absolute Gasteiger partial charge is 0.122 e. The number of nitrogens with zero attached hydrogens (tertiary/aromatic N) is 2. The summed E-state index contributed by atoms with van der Waals surface area (Å²) in [5, 5.41) is 9.31. The van der Waals surface area contributed by atoms with Crippen molar-refractivity contribution in [3.63, 3.8) is 0 Å². The third-order valence-electron chi connectivity index (χ3n) is 3.60. The molecule has 0 aliphatic rings. The molecule has 4 nitrogen and oxygen atoms in total. The molecule has 0 saturated carbocycles. The summed E-state index contributed by atoms with van der Waals surface area (Å²) in [6, 6.07) is 8.10. The predicted octanol–water partition coefficient (Wildman–Crippen LogP) is 2.48. The molecule has 0 radical (unpaired) electrons. The zero-order valence-corrected chi connectivity index (χ0v) is 12.4. The van der Waals surface area contributed by atoms with E-state index in [0.717, 1.165) is 29.9 Å². The zero-order chi connectivity index (χ0) is 14.5. The minimum absolute atomic E-state index is 0.478. The highest BCUT2D eigenvalue weighted by atomic mass is 16.5. The van der Waals surface area contributed by atoms with Gasteiger partial charge >= 0.3 is 0 Å². The van der Waals surface area contributed by atoms with Crippen LogP contribution in [0, 0.1) is 11.3 Å². The normalized spacial score (nSPS) is 13.7. The third kappa shape index (κ3) is 3.62. The molecule has 0 aromatic heterocycles. The van der Waals surface area contributed by atoms with Crippen LogP contribution in [0.2, 0.25) is 0 Å². The van der Waals surface area contributed by atoms with Gasteiger partial charge in [-0.15, -0.1) is 0 Å². The lowest BCUT2D eigenvalue weighted by Crippen LogP contribution is -2.40. The van der Waals surface area contributed by atoms with Gasteiger partial charge in [0.05, 0.1) is 20.3 Å². The van der Waals surface area contributed by atoms with Crippen LogP contribution in [-0.4, -0.2) is 38.8 Å². The zero-order valence-electron chi connectivity index (χ0n) is 12.4. The second-order valence-electron chi connectivity index (χ2n) is 4.96. The number of ether oxygens (including phenoxy) is 2. The molecule has 0 bridgehead atoms. The van der Waals surface area contributed by atoms with Crippen molar-refractivity contribution in [3.8, 4) is 17.6 Å². The molecule has 0 N–H and O–H groups in total. The van der Waals surface area contributed by atoms with Gasteiger partial charge in [-0.05, 0) is 57.6 Å². The highest BCUT2D eigenvalue weighted by molar-refractivity contribution is 5.40. The molecule has 0 aliphatic carbocycles. The number of methoxy groups -OCH3 is 2. The van der Waals surface area contributed by atoms with E-state index >= 15 is 0 Å². The topological polar surface area (TPSA) is 45.5 Å². The van der Waals surface area contributed by atoms with E-state index in [1.807, 2.05) is 44.1 Å². The van der Waals surface area contributed by atoms with Crippen LogP contribution in [0.15, 0.2) is 18.2 Å². The lowest BCUT2D eigenvalue weighted by atomic mass is 9.93. The Morgan fingerprint density at radius 2 is 1.95 bits per heavy atom. The fourth-order valence-electron chi connectivity index (χ4n) is 1.83. The van der Waals surface area contributed by atoms with Gasteiger partial charge < -0.3 is 9.47 Å². The monoisotopic (exact) mass is 262 g/mol. The Balaban J connectivity index is 2.90. The van der Waals surface area contributed by atoms with E-state index in [1.54, 1.807) is 14.2 Å². The first kappa shape index (κ1) is 15.3. The molecule has 0 amide bonds. The van der Waals surface area contributed by atoms with E-state index in [4.69, 9.17) is 9.47 Å². The maximum Gasteiger partial charge on any atom is 0.122 e. The van der Waals surface area contributed by atoms with Crippen molar-refractivity contribution in [1.82, 2.24) is 4.90 Å². The van der Waals surface area contributed by atoms with Crippen LogP contribution < -0.4 is 9.47 Å². The highest BCUT2D eigenvalue weighted by Gasteiger charge is 2.26. The fraction of sp³-hybridized carbons (Fsp3) is 0.533. The number of aryl methyl sites for hydroxylation is 1. The van der Waals surface area contributed by atoms with E-state index < -0.39 is 5.54 Å². The van der Waals surface area contributed by atoms with Crippen molar-refractivity contribution in [2.75, 3.05) is 28.3 Å². The molecule has 19 heavy (non-hydrogen) atoms. The number of hydrogen-bond donors (Lipinski definition) is 0. The average Bonchev–Trinajstić information content (AvgIpc) is 2.44. The number of nitriles is 1. The van der Waals surface area contributed by atoms with Crippen LogP contribution in [0.4, 0.5) is 0 Å². The molecular formula is C15H22N2O2. The molecule has 0 saturated heterocycles. The van der Waals surface area contributed by atoms with Gasteiger partial charge in [0.25, 0.3) is 0 Å². The summed E-state index contributed by atoms with van der Waals surface area (Å²) in [6.45, 7) is 1.94. The van der Waals surface area contributed by atoms with E-state index in [0.29, 0.717) is 0 Å². The standard InChI is InChI=1S/C15H22N2O2/c1-15(11-16,17(2)3)9-8-12-10-13(18-4)6-7-14(12)19-5/h6-7,10H,8-9H2,1-5H3. The highest BCUT2D eigenvalue weighted by Crippen LogP contribution is 2.27. The summed E-state index contributed by atoms with van der Waals surface area (Å²) in [5.41, 5.74) is 0.582. The number of benzene rings is 1. The molecule has 0 fully saturated rings. The third-order valence-corrected chi connectivity index (χ3v) is 3.60. The summed E-state index contributed by atoms with van der Waals surface area (Å²) in [5.74, 6) is 1.64. The van der Waals surface area contributed by atoms with Gasteiger partial charge in [0.2, 0.25) is 0 Å². The van der Waals surface area contributed by atoms with Crippen LogP contribution in [0.3, 0.4) is 0 Å². The van der Waals surface area contributed by atoms with E-state index in [1.165, 1.54) is 0 Å². The van der Waals surface area contributed by atoms with Gasteiger partial charge in [0.1, 0.15) is 17.0 Å². The second kappa shape index (κ2) is 6.44. The molecule has 1 unspecified atom stereocenters. The molecule has 0 heterocycles. The molecule has 4 heteroatoms. The van der Waals surface area contributed by atoms with Crippen LogP contribution in [-0.2, 0) is 6.42 Å². The first-order chi connectivity index (χ1) is 8.96. The van der Waals surface area contributed by atoms with Gasteiger partial charge in [-0.3, -0.25) is 4.90 Å². The van der Waals surface area contributed by atoms with Gasteiger partial charge in [-0.1, -0.05) is 0 Å². The Morgan fingerprint density at radius 3 is 2.42 bits per heavy atom. The molecule has 0 spiro atoms. The van der Waals surface area contributed by atoms with Gasteiger partial charge in [-0.2, -0.15) is 5.26 Å². The molecule has 1 atom stereocenters. The minimum atomic E-state index is -0.478. The van der Waals surface area contributed by atoms with Crippen molar-refractivity contribution >= 4 is 0 Å². The van der Waals surface area contributed by atoms with E-state index in [9.17, 15) is 5.26 Å². The van der Waals surface area contributed by atoms with Crippen molar-refractivity contribution in [1.29, 1.82) is 5.26 Å². The molecule has 1 rings (SSSR count). The fourth-order valence-corrected chi connectivity index (χ4v) is 1.83. The summed E-state index contributed by atoms with van der Waals surface area (Å²) in [6.07, 6.45) is 1.50. The Bertz CT molecular complexity index is 466.